The normalized spacial score (nSPS) is 10.6. The average Bonchev–Trinajstić information content (AvgIpc) is 2.43. The monoisotopic (exact) mass is 253 g/mol. The Morgan fingerprint density at radius 3 is 2.79 bits per heavy atom. The molecule has 0 aliphatic rings. The van der Waals surface area contributed by atoms with Crippen LogP contribution in [0.1, 0.15) is 6.92 Å². The molecule has 0 saturated carbocycles. The number of pyridine rings is 1. The number of hydrogen-bond donors (Lipinski definition) is 2. The van der Waals surface area contributed by atoms with Gasteiger partial charge in [-0.2, -0.15) is 0 Å². The first-order valence-electron chi connectivity index (χ1n) is 5.98. The molecule has 0 saturated heterocycles. The van der Waals surface area contributed by atoms with E-state index in [0.717, 1.165) is 22.1 Å². The van der Waals surface area contributed by atoms with Crippen molar-refractivity contribution in [1.29, 1.82) is 0 Å². The molecule has 2 aromatic heterocycles. The molecule has 3 aromatic rings. The predicted octanol–water partition coefficient (Wildman–Crippen LogP) is 1.44. The number of carbonyl (C=O) groups excluding carboxylic acids is 1. The van der Waals surface area contributed by atoms with Gasteiger partial charge in [-0.15, -0.1) is 0 Å². The molecule has 0 radical (unpaired) electrons. The highest BCUT2D eigenvalue weighted by molar-refractivity contribution is 5.97. The third kappa shape index (κ3) is 2.06. The highest BCUT2D eigenvalue weighted by atomic mass is 16.2. The van der Waals surface area contributed by atoms with Gasteiger partial charge in [0, 0.05) is 29.5 Å². The summed E-state index contributed by atoms with van der Waals surface area (Å²) >= 11 is 0. The van der Waals surface area contributed by atoms with Crippen LogP contribution in [0.5, 0.6) is 0 Å². The molecule has 0 spiro atoms. The molecular formula is C14H13N4O+. The van der Waals surface area contributed by atoms with Crippen molar-refractivity contribution in [3.63, 3.8) is 0 Å². The highest BCUT2D eigenvalue weighted by Crippen LogP contribution is 2.23. The first-order valence-corrected chi connectivity index (χ1v) is 5.98. The van der Waals surface area contributed by atoms with Gasteiger partial charge in [0.25, 0.3) is 5.52 Å². The smallest absolute Gasteiger partial charge is 0.263 e. The van der Waals surface area contributed by atoms with Crippen molar-refractivity contribution in [2.45, 2.75) is 6.92 Å². The molecule has 3 rings (SSSR count). The van der Waals surface area contributed by atoms with Crippen LogP contribution < -0.4 is 15.4 Å². The first-order chi connectivity index (χ1) is 9.25. The molecule has 19 heavy (non-hydrogen) atoms. The quantitative estimate of drug-likeness (QED) is 0.413. The fourth-order valence-corrected chi connectivity index (χ4v) is 2.03. The van der Waals surface area contributed by atoms with Crippen LogP contribution >= 0.6 is 0 Å². The molecule has 2 N–H and O–H groups in total. The molecule has 5 heteroatoms. The van der Waals surface area contributed by atoms with Gasteiger partial charge in [-0.3, -0.25) is 15.6 Å². The van der Waals surface area contributed by atoms with Gasteiger partial charge in [-0.1, -0.05) is 18.2 Å². The molecule has 0 atom stereocenters. The molecule has 0 aliphatic carbocycles. The van der Waals surface area contributed by atoms with E-state index < -0.39 is 0 Å². The van der Waals surface area contributed by atoms with Gasteiger partial charge in [0.2, 0.25) is 12.1 Å². The lowest BCUT2D eigenvalue weighted by Gasteiger charge is -2.08. The number of nitrogens with one attached hydrogen (secondary N) is 2. The van der Waals surface area contributed by atoms with Crippen LogP contribution in [0.2, 0.25) is 0 Å². The van der Waals surface area contributed by atoms with E-state index in [-0.39, 0.29) is 5.91 Å². The number of anilines is 1. The number of nitrogens with zero attached hydrogens (tertiary/aromatic N) is 2. The minimum absolute atomic E-state index is 0.144. The number of benzene rings is 1. The zero-order valence-corrected chi connectivity index (χ0v) is 10.4. The van der Waals surface area contributed by atoms with E-state index in [1.807, 2.05) is 48.7 Å². The van der Waals surface area contributed by atoms with Crippen molar-refractivity contribution in [2.75, 3.05) is 5.43 Å². The van der Waals surface area contributed by atoms with Crippen LogP contribution in [0.25, 0.3) is 16.4 Å². The van der Waals surface area contributed by atoms with E-state index in [9.17, 15) is 4.79 Å². The SMILES string of the molecule is CC(=O)NNc1c2ccccc2n[n+]2ccccc12. The van der Waals surface area contributed by atoms with Gasteiger partial charge < -0.3 is 0 Å². The van der Waals surface area contributed by atoms with E-state index in [4.69, 9.17) is 0 Å². The molecule has 94 valence electrons. The van der Waals surface area contributed by atoms with E-state index >= 15 is 0 Å². The lowest BCUT2D eigenvalue weighted by Crippen LogP contribution is -2.31. The van der Waals surface area contributed by atoms with Crippen molar-refractivity contribution in [3.8, 4) is 0 Å². The number of aromatic nitrogens is 2. The molecule has 1 aromatic carbocycles. The van der Waals surface area contributed by atoms with E-state index in [0.29, 0.717) is 0 Å². The standard InChI is InChI=1S/C14H12N4O/c1-10(19)15-16-14-11-6-2-3-7-12(11)17-18-9-5-4-8-13(14)18/h2-9,17H,1H3/p+1. The lowest BCUT2D eigenvalue weighted by atomic mass is 10.2. The lowest BCUT2D eigenvalue weighted by molar-refractivity contribution is -0.577. The fourth-order valence-electron chi connectivity index (χ4n) is 2.03. The molecule has 0 aliphatic heterocycles. The van der Waals surface area contributed by atoms with Crippen LogP contribution in [-0.2, 0) is 4.79 Å². The Kier molecular flexibility index (Phi) is 2.72. The Bertz CT molecular complexity index is 716. The van der Waals surface area contributed by atoms with Crippen molar-refractivity contribution < 1.29 is 9.31 Å². The minimum Gasteiger partial charge on any atom is -0.292 e. The highest BCUT2D eigenvalue weighted by Gasteiger charge is 2.15. The minimum atomic E-state index is -0.144. The summed E-state index contributed by atoms with van der Waals surface area (Å²) in [6.07, 6.45) is 1.88. The summed E-state index contributed by atoms with van der Waals surface area (Å²) in [6.45, 7) is 1.46. The van der Waals surface area contributed by atoms with Crippen molar-refractivity contribution in [3.05, 3.63) is 48.7 Å². The van der Waals surface area contributed by atoms with Crippen molar-refractivity contribution in [1.82, 2.24) is 10.5 Å². The van der Waals surface area contributed by atoms with Crippen molar-refractivity contribution >= 4 is 28.0 Å². The third-order valence-corrected chi connectivity index (χ3v) is 2.85. The summed E-state index contributed by atoms with van der Waals surface area (Å²) in [5.41, 5.74) is 8.18. The number of carbonyl (C=O) groups is 1. The zero-order valence-electron chi connectivity index (χ0n) is 10.4. The maximum atomic E-state index is 11.1. The van der Waals surface area contributed by atoms with E-state index in [1.165, 1.54) is 6.92 Å². The number of amides is 1. The Balaban J connectivity index is 2.29. The number of hydrogen-bond acceptors (Lipinski definition) is 3. The van der Waals surface area contributed by atoms with E-state index in [2.05, 4.69) is 16.0 Å². The molecule has 0 bridgehead atoms. The largest absolute Gasteiger partial charge is 0.292 e. The maximum absolute atomic E-state index is 11.1. The number of fused-ring (bicyclic) bond motifs is 2. The van der Waals surface area contributed by atoms with Crippen LogP contribution in [0.3, 0.4) is 0 Å². The molecule has 0 unspecified atom stereocenters. The molecule has 2 heterocycles. The summed E-state index contributed by atoms with van der Waals surface area (Å²) in [6, 6.07) is 13.6. The summed E-state index contributed by atoms with van der Waals surface area (Å²) < 4.78 is 1.78. The van der Waals surface area contributed by atoms with Crippen LogP contribution in [0.15, 0.2) is 48.7 Å². The zero-order chi connectivity index (χ0) is 13.2. The third-order valence-electron chi connectivity index (χ3n) is 2.85. The maximum Gasteiger partial charge on any atom is 0.263 e. The van der Waals surface area contributed by atoms with Gasteiger partial charge in [0.05, 0.1) is 0 Å². The molecule has 0 fully saturated rings. The average molecular weight is 253 g/mol. The molecule has 1 amide bonds. The number of rotatable bonds is 2. The summed E-state index contributed by atoms with van der Waals surface area (Å²) in [7, 11) is 0. The Labute approximate surface area is 109 Å². The second-order valence-electron chi connectivity index (χ2n) is 4.23. The van der Waals surface area contributed by atoms with Gasteiger partial charge in [0.1, 0.15) is 11.2 Å². The van der Waals surface area contributed by atoms with Crippen LogP contribution in [0, 0.1) is 0 Å². The topological polar surface area (TPSA) is 58.1 Å². The predicted molar refractivity (Wildman–Crippen MR) is 72.3 cm³/mol. The van der Waals surface area contributed by atoms with Crippen molar-refractivity contribution in [2.24, 2.45) is 0 Å². The second kappa shape index (κ2) is 4.53. The van der Waals surface area contributed by atoms with Gasteiger partial charge in [0.15, 0.2) is 0 Å². The molecular weight excluding hydrogens is 240 g/mol. The Morgan fingerprint density at radius 2 is 1.95 bits per heavy atom. The second-order valence-corrected chi connectivity index (χ2v) is 4.23. The van der Waals surface area contributed by atoms with Gasteiger partial charge in [-0.05, 0) is 16.6 Å². The van der Waals surface area contributed by atoms with Gasteiger partial charge >= 0.3 is 0 Å². The van der Waals surface area contributed by atoms with Crippen LogP contribution in [-0.4, -0.2) is 11.0 Å². The summed E-state index contributed by atoms with van der Waals surface area (Å²) in [4.78, 5) is 11.1. The number of hydrazine groups is 1. The molecule has 5 nitrogen and oxygen atoms in total. The fraction of sp³-hybridized carbons (Fsp3) is 0.0714. The van der Waals surface area contributed by atoms with Crippen LogP contribution in [0.4, 0.5) is 5.69 Å². The van der Waals surface area contributed by atoms with E-state index in [1.54, 1.807) is 4.52 Å². The van der Waals surface area contributed by atoms with Gasteiger partial charge in [-0.25, -0.2) is 0 Å². The summed E-state index contributed by atoms with van der Waals surface area (Å²) in [5, 5.41) is 5.49. The summed E-state index contributed by atoms with van der Waals surface area (Å²) in [5.74, 6) is -0.144. The Morgan fingerprint density at radius 1 is 1.16 bits per heavy atom. The Hall–Kier alpha value is -2.69. The first kappa shape index (κ1) is 11.4.